The van der Waals surface area contributed by atoms with Gasteiger partial charge in [-0.2, -0.15) is 0 Å². The molecule has 4 bridgehead atoms. The molecule has 0 atom stereocenters. The molecule has 4 saturated carbocycles. The third kappa shape index (κ3) is 3.64. The molecule has 6 rings (SSSR count). The zero-order valence-electron chi connectivity index (χ0n) is 20.8. The van der Waals surface area contributed by atoms with Gasteiger partial charge in [-0.05, 0) is 74.6 Å². The minimum atomic E-state index is -0.204. The number of benzene rings is 2. The van der Waals surface area contributed by atoms with Gasteiger partial charge in [0.2, 0.25) is 0 Å². The molecule has 6 nitrogen and oxygen atoms in total. The van der Waals surface area contributed by atoms with Crippen molar-refractivity contribution in [1.29, 1.82) is 0 Å². The maximum absolute atomic E-state index is 13.6. The monoisotopic (exact) mass is 460 g/mol. The van der Waals surface area contributed by atoms with Crippen LogP contribution < -0.4 is 9.80 Å². The van der Waals surface area contributed by atoms with Crippen LogP contribution in [0.4, 0.5) is 21.0 Å². The molecule has 180 valence electrons. The van der Waals surface area contributed by atoms with Gasteiger partial charge in [-0.3, -0.25) is 9.80 Å². The molecule has 0 unspecified atom stereocenters. The molecule has 4 amide bonds. The maximum atomic E-state index is 13.6. The maximum Gasteiger partial charge on any atom is 0.324 e. The van der Waals surface area contributed by atoms with Crippen LogP contribution in [0.1, 0.15) is 38.5 Å². The summed E-state index contributed by atoms with van der Waals surface area (Å²) < 4.78 is 0. The number of hydrogen-bond acceptors (Lipinski definition) is 2. The van der Waals surface area contributed by atoms with Crippen molar-refractivity contribution in [2.24, 2.45) is 11.8 Å². The van der Waals surface area contributed by atoms with Gasteiger partial charge in [0.25, 0.3) is 0 Å². The van der Waals surface area contributed by atoms with Gasteiger partial charge in [-0.15, -0.1) is 0 Å². The van der Waals surface area contributed by atoms with Gasteiger partial charge in [0.1, 0.15) is 0 Å². The molecule has 0 radical (unpaired) electrons. The zero-order chi connectivity index (χ0) is 24.1. The summed E-state index contributed by atoms with van der Waals surface area (Å²) in [6, 6.07) is 19.7. The molecule has 2 aromatic rings. The predicted octanol–water partition coefficient (Wildman–Crippen LogP) is 5.45. The van der Waals surface area contributed by atoms with Crippen molar-refractivity contribution >= 4 is 23.4 Å². The lowest BCUT2D eigenvalue weighted by molar-refractivity contribution is -0.114. The summed E-state index contributed by atoms with van der Waals surface area (Å²) in [4.78, 5) is 34.8. The zero-order valence-corrected chi connectivity index (χ0v) is 20.8. The van der Waals surface area contributed by atoms with E-state index in [0.29, 0.717) is 11.8 Å². The van der Waals surface area contributed by atoms with Crippen molar-refractivity contribution in [1.82, 2.24) is 9.80 Å². The van der Waals surface area contributed by atoms with Gasteiger partial charge in [-0.1, -0.05) is 36.4 Å². The van der Waals surface area contributed by atoms with Gasteiger partial charge in [-0.25, -0.2) is 9.59 Å². The molecule has 6 heteroatoms. The predicted molar refractivity (Wildman–Crippen MR) is 136 cm³/mol. The largest absolute Gasteiger partial charge is 0.324 e. The minimum Gasteiger partial charge on any atom is -0.322 e. The second-order valence-electron chi connectivity index (χ2n) is 10.9. The Kier molecular flexibility index (Phi) is 5.58. The summed E-state index contributed by atoms with van der Waals surface area (Å²) >= 11 is 0. The molecular formula is C28H36N4O2. The Morgan fingerprint density at radius 1 is 0.647 bits per heavy atom. The first kappa shape index (κ1) is 22.8. The van der Waals surface area contributed by atoms with E-state index < -0.39 is 0 Å². The average Bonchev–Trinajstić information content (AvgIpc) is 2.86. The van der Waals surface area contributed by atoms with Crippen molar-refractivity contribution in [2.45, 2.75) is 49.6 Å². The van der Waals surface area contributed by atoms with Crippen LogP contribution in [0.3, 0.4) is 0 Å². The summed E-state index contributed by atoms with van der Waals surface area (Å²) in [6.45, 7) is 0. The summed E-state index contributed by atoms with van der Waals surface area (Å²) in [6.07, 6.45) is 6.21. The second-order valence-corrected chi connectivity index (χ2v) is 10.9. The Hall–Kier alpha value is -3.02. The Balaban J connectivity index is 1.40. The van der Waals surface area contributed by atoms with E-state index in [1.807, 2.05) is 98.7 Å². The molecule has 4 aliphatic rings. The normalized spacial score (nSPS) is 28.9. The van der Waals surface area contributed by atoms with E-state index in [9.17, 15) is 9.59 Å². The first-order valence-electron chi connectivity index (χ1n) is 12.4. The highest BCUT2D eigenvalue weighted by molar-refractivity contribution is 5.93. The summed E-state index contributed by atoms with van der Waals surface area (Å²) in [7, 11) is 7.66. The Morgan fingerprint density at radius 2 is 1.00 bits per heavy atom. The molecule has 0 N–H and O–H groups in total. The molecule has 4 fully saturated rings. The number of carbonyl (C=O) groups is 2. The Labute approximate surface area is 203 Å². The minimum absolute atomic E-state index is 0.0266. The van der Waals surface area contributed by atoms with E-state index in [2.05, 4.69) is 0 Å². The fourth-order valence-electron chi connectivity index (χ4n) is 7.33. The summed E-state index contributed by atoms with van der Waals surface area (Å²) in [5.41, 5.74) is 1.39. The van der Waals surface area contributed by atoms with Crippen LogP contribution in [0.15, 0.2) is 60.7 Å². The molecular weight excluding hydrogens is 424 g/mol. The Morgan fingerprint density at radius 3 is 1.35 bits per heavy atom. The highest BCUT2D eigenvalue weighted by Gasteiger charge is 2.62. The van der Waals surface area contributed by atoms with Crippen LogP contribution in [0, 0.1) is 11.8 Å². The van der Waals surface area contributed by atoms with Crippen LogP contribution in [0.25, 0.3) is 0 Å². The molecule has 2 aromatic carbocycles. The summed E-state index contributed by atoms with van der Waals surface area (Å²) in [5, 5.41) is 0. The first-order chi connectivity index (χ1) is 16.2. The fourth-order valence-corrected chi connectivity index (χ4v) is 7.33. The third-order valence-electron chi connectivity index (χ3n) is 8.86. The molecule has 0 spiro atoms. The van der Waals surface area contributed by atoms with E-state index in [1.54, 1.807) is 9.80 Å². The third-order valence-corrected chi connectivity index (χ3v) is 8.86. The van der Waals surface area contributed by atoms with E-state index in [4.69, 9.17) is 0 Å². The number of anilines is 2. The number of rotatable bonds is 4. The van der Waals surface area contributed by atoms with Gasteiger partial charge >= 0.3 is 12.1 Å². The number of urea groups is 2. The van der Waals surface area contributed by atoms with Crippen LogP contribution in [0.2, 0.25) is 0 Å². The quantitative estimate of drug-likeness (QED) is 0.609. The van der Waals surface area contributed by atoms with Gasteiger partial charge in [0.05, 0.1) is 0 Å². The number of carbonyl (C=O) groups excluding carboxylic acids is 2. The van der Waals surface area contributed by atoms with Gasteiger partial charge in [0, 0.05) is 50.6 Å². The lowest BCUT2D eigenvalue weighted by atomic mass is 9.49. The van der Waals surface area contributed by atoms with Crippen molar-refractivity contribution in [3.05, 3.63) is 60.7 Å². The smallest absolute Gasteiger partial charge is 0.322 e. The van der Waals surface area contributed by atoms with E-state index in [0.717, 1.165) is 43.5 Å². The fraction of sp³-hybridized carbons (Fsp3) is 0.500. The lowest BCUT2D eigenvalue weighted by Crippen LogP contribution is -2.71. The van der Waals surface area contributed by atoms with E-state index in [1.165, 1.54) is 6.42 Å². The molecule has 0 aromatic heterocycles. The number of hydrogen-bond donors (Lipinski definition) is 0. The van der Waals surface area contributed by atoms with E-state index in [-0.39, 0.29) is 23.1 Å². The molecule has 0 saturated heterocycles. The van der Waals surface area contributed by atoms with Gasteiger partial charge in [0.15, 0.2) is 0 Å². The van der Waals surface area contributed by atoms with Crippen molar-refractivity contribution in [3.63, 3.8) is 0 Å². The van der Waals surface area contributed by atoms with E-state index >= 15 is 0 Å². The lowest BCUT2D eigenvalue weighted by Gasteiger charge is -2.66. The van der Waals surface area contributed by atoms with Gasteiger partial charge < -0.3 is 9.80 Å². The first-order valence-corrected chi connectivity index (χ1v) is 12.4. The molecule has 34 heavy (non-hydrogen) atoms. The van der Waals surface area contributed by atoms with Crippen LogP contribution in [-0.4, -0.2) is 61.1 Å². The van der Waals surface area contributed by atoms with Crippen molar-refractivity contribution in [2.75, 3.05) is 38.0 Å². The average molecular weight is 461 g/mol. The van der Waals surface area contributed by atoms with Crippen LogP contribution in [0.5, 0.6) is 0 Å². The Bertz CT molecular complexity index is 961. The van der Waals surface area contributed by atoms with Crippen molar-refractivity contribution in [3.8, 4) is 0 Å². The van der Waals surface area contributed by atoms with Crippen molar-refractivity contribution < 1.29 is 9.59 Å². The number of para-hydroxylation sites is 2. The standard InChI is InChI=1S/C28H36N4O2/c1-29(23-11-7-5-8-12-23)25(33)31(3)27-16-21-15-22(17-27)19-28(18-21,20-27)32(4)26(34)30(2)24-13-9-6-10-14-24/h5-14,21-22H,15-20H2,1-4H3. The highest BCUT2D eigenvalue weighted by atomic mass is 16.2. The molecule has 4 aliphatic carbocycles. The molecule has 0 heterocycles. The van der Waals surface area contributed by atoms with Crippen LogP contribution in [-0.2, 0) is 0 Å². The second kappa shape index (κ2) is 8.33. The topological polar surface area (TPSA) is 47.1 Å². The highest BCUT2D eigenvalue weighted by Crippen LogP contribution is 2.61. The van der Waals surface area contributed by atoms with Crippen LogP contribution >= 0.6 is 0 Å². The summed E-state index contributed by atoms with van der Waals surface area (Å²) in [5.74, 6) is 1.10. The molecule has 0 aliphatic heterocycles. The number of nitrogens with zero attached hydrogens (tertiary/aromatic N) is 4. The number of amides is 4. The SMILES string of the molecule is CN(C(=O)N(C)C12CC3CC(C1)CC(N(C)C(=O)N(C)c1ccccc1)(C3)C2)c1ccccc1.